The number of amides is 1. The molecule has 2 rings (SSSR count). The Hall–Kier alpha value is -1.78. The van der Waals surface area contributed by atoms with E-state index in [2.05, 4.69) is 4.98 Å². The number of carbonyl (C=O) groups is 1. The average Bonchev–Trinajstić information content (AvgIpc) is 2.64. The fourth-order valence-corrected chi connectivity index (χ4v) is 2.06. The van der Waals surface area contributed by atoms with Gasteiger partial charge < -0.3 is 15.1 Å². The molecule has 2 N–H and O–H groups in total. The molecule has 1 aromatic rings. The lowest BCUT2D eigenvalue weighted by Crippen LogP contribution is -2.26. The molecule has 16 heavy (non-hydrogen) atoms. The highest BCUT2D eigenvalue weighted by atomic mass is 16.4. The second-order valence-corrected chi connectivity index (χ2v) is 4.11. The molecule has 1 aliphatic heterocycles. The number of aryl methyl sites for hydroxylation is 1. The van der Waals surface area contributed by atoms with Crippen LogP contribution in [-0.2, 0) is 0 Å². The Morgan fingerprint density at radius 1 is 1.56 bits per heavy atom. The number of nitrogens with zero attached hydrogens (tertiary/aromatic N) is 2. The summed E-state index contributed by atoms with van der Waals surface area (Å²) in [6.45, 7) is 2.81. The summed E-state index contributed by atoms with van der Waals surface area (Å²) >= 11 is 0. The largest absolute Gasteiger partial charge is 0.508 e. The highest BCUT2D eigenvalue weighted by molar-refractivity contribution is 5.65. The standard InChI is InChI=1S/C11H14N2O3/c1-7-4-9(14)5-10(12-7)8-2-3-13(6-8)11(15)16/h4-5,8H,2-3,6H2,1H3,(H,12,14)(H,15,16). The summed E-state index contributed by atoms with van der Waals surface area (Å²) < 4.78 is 0. The van der Waals surface area contributed by atoms with Gasteiger partial charge in [0.25, 0.3) is 0 Å². The molecule has 0 saturated carbocycles. The molecule has 1 saturated heterocycles. The Kier molecular flexibility index (Phi) is 2.68. The van der Waals surface area contributed by atoms with Gasteiger partial charge in [-0.1, -0.05) is 0 Å². The van der Waals surface area contributed by atoms with Crippen LogP contribution in [0.15, 0.2) is 12.1 Å². The highest BCUT2D eigenvalue weighted by Crippen LogP contribution is 2.28. The van der Waals surface area contributed by atoms with Gasteiger partial charge in [-0.05, 0) is 13.3 Å². The molecule has 2 heterocycles. The van der Waals surface area contributed by atoms with E-state index in [0.29, 0.717) is 13.1 Å². The van der Waals surface area contributed by atoms with E-state index < -0.39 is 6.09 Å². The highest BCUT2D eigenvalue weighted by Gasteiger charge is 2.28. The first-order valence-electron chi connectivity index (χ1n) is 5.21. The summed E-state index contributed by atoms with van der Waals surface area (Å²) in [5.41, 5.74) is 1.53. The van der Waals surface area contributed by atoms with Gasteiger partial charge in [0.05, 0.1) is 0 Å². The summed E-state index contributed by atoms with van der Waals surface area (Å²) in [5, 5.41) is 18.3. The minimum absolute atomic E-state index is 0.0990. The Morgan fingerprint density at radius 2 is 2.31 bits per heavy atom. The van der Waals surface area contributed by atoms with Gasteiger partial charge in [0.2, 0.25) is 0 Å². The van der Waals surface area contributed by atoms with Crippen LogP contribution in [0.25, 0.3) is 0 Å². The van der Waals surface area contributed by atoms with Gasteiger partial charge in [-0.15, -0.1) is 0 Å². The zero-order chi connectivity index (χ0) is 11.7. The van der Waals surface area contributed by atoms with Gasteiger partial charge in [0.1, 0.15) is 5.75 Å². The van der Waals surface area contributed by atoms with Crippen LogP contribution in [0.2, 0.25) is 0 Å². The van der Waals surface area contributed by atoms with Gasteiger partial charge in [-0.2, -0.15) is 0 Å². The lowest BCUT2D eigenvalue weighted by Gasteiger charge is -2.12. The zero-order valence-electron chi connectivity index (χ0n) is 9.05. The topological polar surface area (TPSA) is 73.7 Å². The average molecular weight is 222 g/mol. The summed E-state index contributed by atoms with van der Waals surface area (Å²) in [4.78, 5) is 16.5. The first-order chi connectivity index (χ1) is 7.56. The van der Waals surface area contributed by atoms with Gasteiger partial charge in [-0.25, -0.2) is 4.79 Å². The predicted octanol–water partition coefficient (Wildman–Crippen LogP) is 1.56. The Morgan fingerprint density at radius 3 is 2.88 bits per heavy atom. The SMILES string of the molecule is Cc1cc(O)cc(C2CCN(C(=O)O)C2)n1. The molecule has 1 aromatic heterocycles. The van der Waals surface area contributed by atoms with Crippen LogP contribution in [-0.4, -0.2) is 39.3 Å². The van der Waals surface area contributed by atoms with Gasteiger partial charge in [-0.3, -0.25) is 4.98 Å². The number of aromatic hydroxyl groups is 1. The van der Waals surface area contributed by atoms with Crippen LogP contribution < -0.4 is 0 Å². The molecule has 1 atom stereocenters. The van der Waals surface area contributed by atoms with E-state index in [0.717, 1.165) is 17.8 Å². The maximum Gasteiger partial charge on any atom is 0.407 e. The van der Waals surface area contributed by atoms with Gasteiger partial charge >= 0.3 is 6.09 Å². The van der Waals surface area contributed by atoms with Crippen LogP contribution in [0.1, 0.15) is 23.7 Å². The molecule has 86 valence electrons. The van der Waals surface area contributed by atoms with Gasteiger partial charge in [0.15, 0.2) is 0 Å². The van der Waals surface area contributed by atoms with E-state index in [1.165, 1.54) is 4.90 Å². The van der Waals surface area contributed by atoms with Crippen LogP contribution in [0.3, 0.4) is 0 Å². The minimum Gasteiger partial charge on any atom is -0.508 e. The normalized spacial score (nSPS) is 20.1. The first-order valence-corrected chi connectivity index (χ1v) is 5.21. The lowest BCUT2D eigenvalue weighted by atomic mass is 10.0. The van der Waals surface area contributed by atoms with E-state index >= 15 is 0 Å². The van der Waals surface area contributed by atoms with E-state index in [-0.39, 0.29) is 11.7 Å². The molecule has 0 aromatic carbocycles. The van der Waals surface area contributed by atoms with E-state index in [1.807, 2.05) is 6.92 Å². The van der Waals surface area contributed by atoms with E-state index in [4.69, 9.17) is 5.11 Å². The number of hydrogen-bond donors (Lipinski definition) is 2. The van der Waals surface area contributed by atoms with Crippen molar-refractivity contribution >= 4 is 6.09 Å². The predicted molar refractivity (Wildman–Crippen MR) is 57.6 cm³/mol. The van der Waals surface area contributed by atoms with Crippen molar-refractivity contribution in [1.29, 1.82) is 0 Å². The molecule has 1 amide bonds. The van der Waals surface area contributed by atoms with E-state index in [1.54, 1.807) is 12.1 Å². The van der Waals surface area contributed by atoms with Crippen LogP contribution in [0.4, 0.5) is 4.79 Å². The Bertz CT molecular complexity index is 399. The smallest absolute Gasteiger partial charge is 0.407 e. The summed E-state index contributed by atoms with van der Waals surface area (Å²) in [5.74, 6) is 0.290. The lowest BCUT2D eigenvalue weighted by molar-refractivity contribution is 0.155. The minimum atomic E-state index is -0.889. The number of rotatable bonds is 1. The molecule has 0 spiro atoms. The number of likely N-dealkylation sites (tertiary alicyclic amines) is 1. The molecule has 1 unspecified atom stereocenters. The third-order valence-corrected chi connectivity index (χ3v) is 2.84. The van der Waals surface area contributed by atoms with Crippen molar-refractivity contribution in [1.82, 2.24) is 9.88 Å². The molecule has 5 heteroatoms. The zero-order valence-corrected chi connectivity index (χ0v) is 9.05. The van der Waals surface area contributed by atoms with Crippen LogP contribution in [0, 0.1) is 6.92 Å². The Labute approximate surface area is 93.3 Å². The van der Waals surface area contributed by atoms with Crippen molar-refractivity contribution in [2.45, 2.75) is 19.3 Å². The summed E-state index contributed by atoms with van der Waals surface area (Å²) in [7, 11) is 0. The van der Waals surface area contributed by atoms with E-state index in [9.17, 15) is 9.90 Å². The molecule has 0 bridgehead atoms. The summed E-state index contributed by atoms with van der Waals surface area (Å²) in [6.07, 6.45) is -0.123. The third kappa shape index (κ3) is 2.08. The van der Waals surface area contributed by atoms with Crippen molar-refractivity contribution < 1.29 is 15.0 Å². The molecule has 0 radical (unpaired) electrons. The van der Waals surface area contributed by atoms with Crippen LogP contribution >= 0.6 is 0 Å². The van der Waals surface area contributed by atoms with Gasteiger partial charge in [0, 0.05) is 42.5 Å². The molecule has 5 nitrogen and oxygen atoms in total. The molecule has 1 aliphatic rings. The van der Waals surface area contributed by atoms with Crippen LogP contribution in [0.5, 0.6) is 5.75 Å². The number of aromatic nitrogens is 1. The van der Waals surface area contributed by atoms with Crippen molar-refractivity contribution in [3.8, 4) is 5.75 Å². The molecule has 0 aliphatic carbocycles. The maximum atomic E-state index is 10.8. The molecular weight excluding hydrogens is 208 g/mol. The van der Waals surface area contributed by atoms with Crippen molar-refractivity contribution in [3.63, 3.8) is 0 Å². The second kappa shape index (κ2) is 4.00. The number of hydrogen-bond acceptors (Lipinski definition) is 3. The fourth-order valence-electron chi connectivity index (χ4n) is 2.06. The number of pyridine rings is 1. The maximum absolute atomic E-state index is 10.8. The van der Waals surface area contributed by atoms with Crippen molar-refractivity contribution in [3.05, 3.63) is 23.5 Å². The molecule has 1 fully saturated rings. The Balaban J connectivity index is 2.17. The fraction of sp³-hybridized carbons (Fsp3) is 0.455. The third-order valence-electron chi connectivity index (χ3n) is 2.84. The monoisotopic (exact) mass is 222 g/mol. The second-order valence-electron chi connectivity index (χ2n) is 4.11. The first kappa shape index (κ1) is 10.7. The molecular formula is C11H14N2O3. The quantitative estimate of drug-likeness (QED) is 0.756. The van der Waals surface area contributed by atoms with Crippen molar-refractivity contribution in [2.24, 2.45) is 0 Å². The number of carboxylic acid groups (broad SMARTS) is 1. The van der Waals surface area contributed by atoms with Crippen molar-refractivity contribution in [2.75, 3.05) is 13.1 Å². The summed E-state index contributed by atoms with van der Waals surface area (Å²) in [6, 6.07) is 3.20.